The highest BCUT2D eigenvalue weighted by Gasteiger charge is 2.28. The van der Waals surface area contributed by atoms with Gasteiger partial charge in [-0.2, -0.15) is 0 Å². The lowest BCUT2D eigenvalue weighted by atomic mass is 9.83. The topological polar surface area (TPSA) is 34.1 Å². The number of Topliss-reactive ketones (excluding diaryl/α,β-unsaturated/α-hetero) is 2. The lowest BCUT2D eigenvalue weighted by molar-refractivity contribution is 0.0973. The minimum atomic E-state index is -0.00761. The van der Waals surface area contributed by atoms with Gasteiger partial charge in [0.25, 0.3) is 0 Å². The minimum Gasteiger partial charge on any atom is -0.289 e. The Morgan fingerprint density at radius 3 is 1.33 bits per heavy atom. The first-order valence-electron chi connectivity index (χ1n) is 23.8. The van der Waals surface area contributed by atoms with E-state index in [9.17, 15) is 9.59 Å². The molecule has 0 N–H and O–H groups in total. The molecule has 1 aromatic rings. The number of allylic oxidation sites excluding steroid dienone is 12. The molecule has 0 radical (unpaired) electrons. The third-order valence-electron chi connectivity index (χ3n) is 12.8. The van der Waals surface area contributed by atoms with Crippen LogP contribution in [0.5, 0.6) is 0 Å². The molecule has 58 heavy (non-hydrogen) atoms. The van der Waals surface area contributed by atoms with Crippen molar-refractivity contribution in [3.8, 4) is 0 Å². The maximum atomic E-state index is 13.1. The van der Waals surface area contributed by atoms with Crippen molar-refractivity contribution >= 4 is 11.6 Å². The van der Waals surface area contributed by atoms with Gasteiger partial charge in [0.1, 0.15) is 0 Å². The summed E-state index contributed by atoms with van der Waals surface area (Å²) in [7, 11) is 0. The fourth-order valence-corrected chi connectivity index (χ4v) is 8.42. The number of rotatable bonds is 30. The van der Waals surface area contributed by atoms with Crippen LogP contribution in [0.25, 0.3) is 0 Å². The molecule has 0 spiro atoms. The van der Waals surface area contributed by atoms with Crippen LogP contribution < -0.4 is 0 Å². The molecular formula is C56H88O2. The van der Waals surface area contributed by atoms with E-state index in [4.69, 9.17) is 0 Å². The summed E-state index contributed by atoms with van der Waals surface area (Å²) in [5, 5.41) is 0. The second kappa shape index (κ2) is 29.3. The predicted molar refractivity (Wildman–Crippen MR) is 256 cm³/mol. The Morgan fingerprint density at radius 1 is 0.466 bits per heavy atom. The first kappa shape index (κ1) is 51.1. The van der Waals surface area contributed by atoms with Crippen LogP contribution in [-0.2, 0) is 0 Å². The van der Waals surface area contributed by atoms with Crippen molar-refractivity contribution < 1.29 is 9.59 Å². The molecule has 0 saturated heterocycles. The highest BCUT2D eigenvalue weighted by molar-refractivity contribution is 6.26. The fourth-order valence-electron chi connectivity index (χ4n) is 8.42. The van der Waals surface area contributed by atoms with Crippen LogP contribution in [0, 0.1) is 23.7 Å². The van der Waals surface area contributed by atoms with Gasteiger partial charge in [-0.1, -0.05) is 168 Å². The normalized spacial score (nSPS) is 16.4. The van der Waals surface area contributed by atoms with E-state index >= 15 is 0 Å². The van der Waals surface area contributed by atoms with Gasteiger partial charge < -0.3 is 0 Å². The standard InChI is InChI=1S/C56H88O2/c1-42(2)22-14-23-43(3)24-15-25-44(4)26-16-27-45(5)28-17-29-46(6)30-18-31-47(7)32-19-33-48(8)34-20-35-49(9)36-21-37-50(10)40-41-52-51(11)55(57)53-38-12-13-39-54(53)56(52)58/h12-13,26,28,30,32,38-40,42-43,48-49H,14-25,27,29,31,33-37,41H2,1-11H3/b44-26+,45-28+,46-30+,47-32+,50-40+. The van der Waals surface area contributed by atoms with Crippen LogP contribution in [0.15, 0.2) is 93.7 Å². The van der Waals surface area contributed by atoms with Gasteiger partial charge in [0.15, 0.2) is 11.6 Å². The second-order valence-electron chi connectivity index (χ2n) is 19.3. The highest BCUT2D eigenvalue weighted by Crippen LogP contribution is 2.29. The number of ketones is 2. The van der Waals surface area contributed by atoms with Crippen LogP contribution >= 0.6 is 0 Å². The van der Waals surface area contributed by atoms with E-state index in [1.165, 1.54) is 120 Å². The molecule has 1 aliphatic rings. The average molecular weight is 793 g/mol. The van der Waals surface area contributed by atoms with Crippen LogP contribution in [0.1, 0.15) is 232 Å². The first-order valence-corrected chi connectivity index (χ1v) is 23.8. The summed E-state index contributed by atoms with van der Waals surface area (Å²) in [6, 6.07) is 7.21. The molecule has 3 atom stereocenters. The molecule has 0 aliphatic heterocycles. The molecule has 2 rings (SSSR count). The molecule has 0 bridgehead atoms. The molecule has 2 heteroatoms. The van der Waals surface area contributed by atoms with E-state index < -0.39 is 0 Å². The zero-order valence-electron chi connectivity index (χ0n) is 39.7. The zero-order chi connectivity index (χ0) is 42.9. The Hall–Kier alpha value is -3.00. The number of fused-ring (bicyclic) bond motifs is 1. The summed E-state index contributed by atoms with van der Waals surface area (Å²) in [5.41, 5.74) is 9.87. The van der Waals surface area contributed by atoms with Crippen molar-refractivity contribution in [3.05, 3.63) is 105 Å². The Morgan fingerprint density at radius 2 is 0.845 bits per heavy atom. The molecule has 0 amide bonds. The summed E-state index contributed by atoms with van der Waals surface area (Å²) < 4.78 is 0. The quantitative estimate of drug-likeness (QED) is 0.0727. The van der Waals surface area contributed by atoms with Crippen molar-refractivity contribution in [2.75, 3.05) is 0 Å². The molecular weight excluding hydrogens is 705 g/mol. The summed E-state index contributed by atoms with van der Waals surface area (Å²) in [6.07, 6.45) is 37.8. The Labute approximate surface area is 359 Å². The average Bonchev–Trinajstić information content (AvgIpc) is 3.17. The molecule has 1 aliphatic carbocycles. The lowest BCUT2D eigenvalue weighted by Crippen LogP contribution is -2.20. The summed E-state index contributed by atoms with van der Waals surface area (Å²) in [5.74, 6) is 3.25. The molecule has 0 heterocycles. The fraction of sp³-hybridized carbons (Fsp3) is 0.643. The van der Waals surface area contributed by atoms with Crippen molar-refractivity contribution in [1.82, 2.24) is 0 Å². The van der Waals surface area contributed by atoms with Gasteiger partial charge in [0.2, 0.25) is 0 Å². The van der Waals surface area contributed by atoms with Crippen molar-refractivity contribution in [3.63, 3.8) is 0 Å². The van der Waals surface area contributed by atoms with Gasteiger partial charge in [0, 0.05) is 22.3 Å². The van der Waals surface area contributed by atoms with Gasteiger partial charge in [-0.3, -0.25) is 9.59 Å². The van der Waals surface area contributed by atoms with Crippen LogP contribution in [-0.4, -0.2) is 11.6 Å². The van der Waals surface area contributed by atoms with Crippen LogP contribution in [0.4, 0.5) is 0 Å². The number of carbonyl (C=O) groups excluding carboxylic acids is 2. The maximum Gasteiger partial charge on any atom is 0.190 e. The van der Waals surface area contributed by atoms with E-state index in [0.717, 1.165) is 42.9 Å². The number of hydrogen-bond acceptors (Lipinski definition) is 2. The summed E-state index contributed by atoms with van der Waals surface area (Å²) in [4.78, 5) is 25.8. The van der Waals surface area contributed by atoms with E-state index in [-0.39, 0.29) is 11.6 Å². The van der Waals surface area contributed by atoms with Crippen molar-refractivity contribution in [2.45, 2.75) is 211 Å². The van der Waals surface area contributed by atoms with Crippen LogP contribution in [0.3, 0.4) is 0 Å². The maximum absolute atomic E-state index is 13.1. The number of hydrogen-bond donors (Lipinski definition) is 0. The lowest BCUT2D eigenvalue weighted by Gasteiger charge is -2.18. The van der Waals surface area contributed by atoms with Crippen molar-refractivity contribution in [1.29, 1.82) is 0 Å². The zero-order valence-corrected chi connectivity index (χ0v) is 39.7. The molecule has 324 valence electrons. The Bertz CT molecular complexity index is 1570. The third kappa shape index (κ3) is 21.8. The van der Waals surface area contributed by atoms with E-state index in [1.807, 2.05) is 12.1 Å². The predicted octanol–water partition coefficient (Wildman–Crippen LogP) is 17.9. The summed E-state index contributed by atoms with van der Waals surface area (Å²) >= 11 is 0. The smallest absolute Gasteiger partial charge is 0.190 e. The second-order valence-corrected chi connectivity index (χ2v) is 19.3. The van der Waals surface area contributed by atoms with Crippen LogP contribution in [0.2, 0.25) is 0 Å². The number of benzene rings is 1. The molecule has 0 fully saturated rings. The first-order chi connectivity index (χ1) is 27.7. The molecule has 2 nitrogen and oxygen atoms in total. The molecule has 0 saturated carbocycles. The summed E-state index contributed by atoms with van der Waals surface area (Å²) in [6.45, 7) is 25.2. The van der Waals surface area contributed by atoms with Gasteiger partial charge in [-0.25, -0.2) is 0 Å². The largest absolute Gasteiger partial charge is 0.289 e. The molecule has 1 aromatic carbocycles. The highest BCUT2D eigenvalue weighted by atomic mass is 16.1. The monoisotopic (exact) mass is 793 g/mol. The van der Waals surface area contributed by atoms with Gasteiger partial charge in [-0.05, 0) is 149 Å². The number of carbonyl (C=O) groups is 2. The van der Waals surface area contributed by atoms with E-state index in [0.29, 0.717) is 28.7 Å². The SMILES string of the molecule is CC1=C(C/C=C(\C)CCCC(C)CCCC(C)CC/C=C(\C)CC/C=C(\C)CC/C=C(\C)CC/C=C(\C)CCCC(C)CCCC(C)C)C(=O)c2ccccc2C1=O. The minimum absolute atomic E-state index is 0.00761. The molecule has 3 unspecified atom stereocenters. The van der Waals surface area contributed by atoms with Gasteiger partial charge in [-0.15, -0.1) is 0 Å². The van der Waals surface area contributed by atoms with Crippen molar-refractivity contribution in [2.24, 2.45) is 23.7 Å². The Kier molecular flexibility index (Phi) is 25.8. The van der Waals surface area contributed by atoms with Gasteiger partial charge >= 0.3 is 0 Å². The third-order valence-corrected chi connectivity index (χ3v) is 12.8. The van der Waals surface area contributed by atoms with E-state index in [2.05, 4.69) is 99.6 Å². The van der Waals surface area contributed by atoms with E-state index in [1.54, 1.807) is 35.8 Å². The molecule has 0 aromatic heterocycles. The Balaban J connectivity index is 1.53. The van der Waals surface area contributed by atoms with Gasteiger partial charge in [0.05, 0.1) is 0 Å².